The van der Waals surface area contributed by atoms with Gasteiger partial charge in [-0.1, -0.05) is 12.1 Å². The first-order chi connectivity index (χ1) is 8.22. The number of halogens is 1. The third kappa shape index (κ3) is 2.47. The van der Waals surface area contributed by atoms with Crippen LogP contribution in [0.2, 0.25) is 0 Å². The number of amides is 1. The van der Waals surface area contributed by atoms with Gasteiger partial charge >= 0.3 is 0 Å². The van der Waals surface area contributed by atoms with Crippen LogP contribution < -0.4 is 5.32 Å². The van der Waals surface area contributed by atoms with Gasteiger partial charge in [0.05, 0.1) is 11.4 Å². The van der Waals surface area contributed by atoms with Crippen molar-refractivity contribution in [3.8, 4) is 5.69 Å². The van der Waals surface area contributed by atoms with Gasteiger partial charge in [-0.05, 0) is 25.1 Å². The second-order valence-electron chi connectivity index (χ2n) is 3.58. The fourth-order valence-corrected chi connectivity index (χ4v) is 1.64. The van der Waals surface area contributed by atoms with Crippen LogP contribution >= 0.6 is 11.6 Å². The molecule has 1 aromatic heterocycles. The topological polar surface area (TPSA) is 46.9 Å². The van der Waals surface area contributed by atoms with Gasteiger partial charge in [-0.25, -0.2) is 4.68 Å². The fourth-order valence-electron chi connectivity index (χ4n) is 1.57. The number of rotatable bonds is 3. The molecule has 2 rings (SSSR count). The molecule has 0 saturated carbocycles. The van der Waals surface area contributed by atoms with Gasteiger partial charge in [0.25, 0.3) is 0 Å². The van der Waals surface area contributed by atoms with Crippen molar-refractivity contribution >= 4 is 23.2 Å². The van der Waals surface area contributed by atoms with Gasteiger partial charge in [0, 0.05) is 11.9 Å². The Balaban J connectivity index is 2.41. The number of aryl methyl sites for hydroxylation is 1. The van der Waals surface area contributed by atoms with Gasteiger partial charge in [-0.2, -0.15) is 5.10 Å². The van der Waals surface area contributed by atoms with Crippen LogP contribution in [0.15, 0.2) is 36.5 Å². The zero-order valence-corrected chi connectivity index (χ0v) is 10.1. The number of hydrogen-bond donors (Lipinski definition) is 1. The standard InChI is InChI=1S/C12H12ClN3O/c1-9-6-7-14-16(9)11-5-3-2-4-10(11)15-12(17)8-13/h2-7H,8H2,1H3,(H,15,17). The minimum Gasteiger partial charge on any atom is -0.323 e. The number of nitrogens with zero attached hydrogens (tertiary/aromatic N) is 2. The smallest absolute Gasteiger partial charge is 0.239 e. The highest BCUT2D eigenvalue weighted by Gasteiger charge is 2.08. The SMILES string of the molecule is Cc1ccnn1-c1ccccc1NC(=O)CCl. The average Bonchev–Trinajstić information content (AvgIpc) is 2.76. The third-order valence-corrected chi connectivity index (χ3v) is 2.60. The molecule has 88 valence electrons. The Bertz CT molecular complexity index is 536. The van der Waals surface area contributed by atoms with E-state index in [4.69, 9.17) is 11.6 Å². The summed E-state index contributed by atoms with van der Waals surface area (Å²) in [5, 5.41) is 6.96. The Morgan fingerprint density at radius 1 is 1.41 bits per heavy atom. The number of nitrogens with one attached hydrogen (secondary N) is 1. The third-order valence-electron chi connectivity index (χ3n) is 2.36. The Kier molecular flexibility index (Phi) is 3.44. The van der Waals surface area contributed by atoms with Crippen LogP contribution in [0, 0.1) is 6.92 Å². The molecule has 17 heavy (non-hydrogen) atoms. The number of para-hydroxylation sites is 2. The Morgan fingerprint density at radius 2 is 2.18 bits per heavy atom. The van der Waals surface area contributed by atoms with Crippen molar-refractivity contribution in [3.63, 3.8) is 0 Å². The predicted octanol–water partition coefficient (Wildman–Crippen LogP) is 2.36. The van der Waals surface area contributed by atoms with E-state index in [-0.39, 0.29) is 11.8 Å². The van der Waals surface area contributed by atoms with Crippen molar-refractivity contribution in [1.29, 1.82) is 0 Å². The molecule has 1 heterocycles. The van der Waals surface area contributed by atoms with E-state index in [1.165, 1.54) is 0 Å². The normalized spacial score (nSPS) is 10.2. The summed E-state index contributed by atoms with van der Waals surface area (Å²) in [6, 6.07) is 9.36. The minimum atomic E-state index is -0.232. The van der Waals surface area contributed by atoms with Crippen molar-refractivity contribution in [2.45, 2.75) is 6.92 Å². The number of alkyl halides is 1. The predicted molar refractivity (Wildman–Crippen MR) is 67.7 cm³/mol. The van der Waals surface area contributed by atoms with E-state index in [0.29, 0.717) is 5.69 Å². The first-order valence-electron chi connectivity index (χ1n) is 5.18. The van der Waals surface area contributed by atoms with E-state index in [1.54, 1.807) is 10.9 Å². The molecular weight excluding hydrogens is 238 g/mol. The lowest BCUT2D eigenvalue weighted by Gasteiger charge is -2.11. The van der Waals surface area contributed by atoms with E-state index in [0.717, 1.165) is 11.4 Å². The first-order valence-corrected chi connectivity index (χ1v) is 5.71. The Labute approximate surface area is 104 Å². The van der Waals surface area contributed by atoms with Gasteiger partial charge in [0.15, 0.2) is 0 Å². The second kappa shape index (κ2) is 5.01. The summed E-state index contributed by atoms with van der Waals surface area (Å²) in [5.41, 5.74) is 2.52. The van der Waals surface area contributed by atoms with Crippen molar-refractivity contribution in [2.75, 3.05) is 11.2 Å². The van der Waals surface area contributed by atoms with Crippen LogP contribution in [0.5, 0.6) is 0 Å². The molecule has 0 atom stereocenters. The maximum Gasteiger partial charge on any atom is 0.239 e. The molecule has 4 nitrogen and oxygen atoms in total. The highest BCUT2D eigenvalue weighted by molar-refractivity contribution is 6.29. The van der Waals surface area contributed by atoms with Crippen molar-refractivity contribution in [1.82, 2.24) is 9.78 Å². The first kappa shape index (κ1) is 11.7. The highest BCUT2D eigenvalue weighted by atomic mass is 35.5. The molecule has 0 spiro atoms. The Morgan fingerprint density at radius 3 is 2.82 bits per heavy atom. The summed E-state index contributed by atoms with van der Waals surface area (Å²) in [7, 11) is 0. The number of hydrogen-bond acceptors (Lipinski definition) is 2. The van der Waals surface area contributed by atoms with E-state index < -0.39 is 0 Å². The fraction of sp³-hybridized carbons (Fsp3) is 0.167. The van der Waals surface area contributed by atoms with Crippen LogP contribution in [-0.4, -0.2) is 21.6 Å². The number of carbonyl (C=O) groups is 1. The maximum atomic E-state index is 11.3. The number of benzene rings is 1. The molecule has 1 N–H and O–H groups in total. The molecule has 5 heteroatoms. The Hall–Kier alpha value is -1.81. The van der Waals surface area contributed by atoms with Crippen molar-refractivity contribution in [2.24, 2.45) is 0 Å². The van der Waals surface area contributed by atoms with Crippen LogP contribution in [0.1, 0.15) is 5.69 Å². The van der Waals surface area contributed by atoms with E-state index >= 15 is 0 Å². The van der Waals surface area contributed by atoms with E-state index in [1.807, 2.05) is 37.3 Å². The van der Waals surface area contributed by atoms with Gasteiger partial charge in [-0.3, -0.25) is 4.79 Å². The lowest BCUT2D eigenvalue weighted by Crippen LogP contribution is -2.15. The summed E-state index contributed by atoms with van der Waals surface area (Å²) >= 11 is 5.48. The molecule has 0 aliphatic heterocycles. The molecule has 0 aliphatic carbocycles. The summed E-state index contributed by atoms with van der Waals surface area (Å²) in [4.78, 5) is 11.3. The monoisotopic (exact) mass is 249 g/mol. The maximum absolute atomic E-state index is 11.3. The molecule has 1 amide bonds. The lowest BCUT2D eigenvalue weighted by atomic mass is 10.2. The molecule has 0 aliphatic rings. The van der Waals surface area contributed by atoms with E-state index in [9.17, 15) is 4.79 Å². The van der Waals surface area contributed by atoms with Gasteiger partial charge in [0.2, 0.25) is 5.91 Å². The van der Waals surface area contributed by atoms with E-state index in [2.05, 4.69) is 10.4 Å². The summed E-state index contributed by atoms with van der Waals surface area (Å²) in [6.45, 7) is 1.95. The molecule has 0 unspecified atom stereocenters. The number of anilines is 1. The molecule has 0 fully saturated rings. The van der Waals surface area contributed by atoms with Crippen LogP contribution in [0.25, 0.3) is 5.69 Å². The van der Waals surface area contributed by atoms with Crippen molar-refractivity contribution in [3.05, 3.63) is 42.2 Å². The second-order valence-corrected chi connectivity index (χ2v) is 3.85. The number of aromatic nitrogens is 2. The van der Waals surface area contributed by atoms with Gasteiger partial charge < -0.3 is 5.32 Å². The number of carbonyl (C=O) groups excluding carboxylic acids is 1. The molecule has 1 aromatic carbocycles. The zero-order valence-electron chi connectivity index (χ0n) is 9.35. The summed E-state index contributed by atoms with van der Waals surface area (Å²) in [6.07, 6.45) is 1.72. The molecule has 0 bridgehead atoms. The highest BCUT2D eigenvalue weighted by Crippen LogP contribution is 2.20. The van der Waals surface area contributed by atoms with Crippen LogP contribution in [0.3, 0.4) is 0 Å². The quantitative estimate of drug-likeness (QED) is 0.849. The van der Waals surface area contributed by atoms with Gasteiger partial charge in [0.1, 0.15) is 5.88 Å². The summed E-state index contributed by atoms with van der Waals surface area (Å²) < 4.78 is 1.77. The molecule has 0 radical (unpaired) electrons. The lowest BCUT2D eigenvalue weighted by molar-refractivity contribution is -0.113. The largest absolute Gasteiger partial charge is 0.323 e. The zero-order chi connectivity index (χ0) is 12.3. The van der Waals surface area contributed by atoms with Gasteiger partial charge in [-0.15, -0.1) is 11.6 Å². The minimum absolute atomic E-state index is 0.0631. The van der Waals surface area contributed by atoms with Crippen LogP contribution in [0.4, 0.5) is 5.69 Å². The summed E-state index contributed by atoms with van der Waals surface area (Å²) in [5.74, 6) is -0.296. The molecule has 0 saturated heterocycles. The molecule has 2 aromatic rings. The molecular formula is C12H12ClN3O. The van der Waals surface area contributed by atoms with Crippen LogP contribution in [-0.2, 0) is 4.79 Å². The average molecular weight is 250 g/mol. The van der Waals surface area contributed by atoms with Crippen molar-refractivity contribution < 1.29 is 4.79 Å².